The number of hydrogen-bond donors (Lipinski definition) is 0. The molecule has 0 aliphatic heterocycles. The molecule has 0 spiro atoms. The van der Waals surface area contributed by atoms with Gasteiger partial charge in [-0.05, 0) is 26.8 Å². The molecule has 100 valence electrons. The molecular weight excluding hydrogens is 244 g/mol. The van der Waals surface area contributed by atoms with Crippen molar-refractivity contribution < 1.29 is 9.32 Å². The van der Waals surface area contributed by atoms with Crippen molar-refractivity contribution in [2.75, 3.05) is 7.05 Å². The first-order valence-electron chi connectivity index (χ1n) is 5.98. The molecule has 0 radical (unpaired) electrons. The number of aromatic nitrogens is 3. The van der Waals surface area contributed by atoms with E-state index in [1.54, 1.807) is 31.0 Å². The maximum Gasteiger partial charge on any atom is 0.272 e. The molecule has 2 heterocycles. The molecule has 0 unspecified atom stereocenters. The fourth-order valence-electron chi connectivity index (χ4n) is 1.82. The van der Waals surface area contributed by atoms with Crippen LogP contribution >= 0.6 is 0 Å². The molecule has 2 aromatic rings. The Morgan fingerprint density at radius 1 is 1.37 bits per heavy atom. The average Bonchev–Trinajstić information content (AvgIpc) is 2.88. The fraction of sp³-hybridized carbons (Fsp3) is 0.385. The zero-order chi connectivity index (χ0) is 14.0. The maximum atomic E-state index is 12.4. The molecule has 6 heteroatoms. The van der Waals surface area contributed by atoms with Gasteiger partial charge in [0.2, 0.25) is 0 Å². The summed E-state index contributed by atoms with van der Waals surface area (Å²) in [6.45, 7) is 5.49. The predicted octanol–water partition coefficient (Wildman–Crippen LogP) is 1.91. The van der Waals surface area contributed by atoms with E-state index in [1.807, 2.05) is 13.8 Å². The molecular formula is C13H16N4O2. The van der Waals surface area contributed by atoms with Gasteiger partial charge in [-0.1, -0.05) is 5.16 Å². The summed E-state index contributed by atoms with van der Waals surface area (Å²) < 4.78 is 4.80. The van der Waals surface area contributed by atoms with Gasteiger partial charge < -0.3 is 9.42 Å². The second-order valence-corrected chi connectivity index (χ2v) is 4.46. The Balaban J connectivity index is 2.23. The summed E-state index contributed by atoms with van der Waals surface area (Å²) in [5.41, 5.74) is 1.87. The smallest absolute Gasteiger partial charge is 0.272 e. The largest absolute Gasteiger partial charge is 0.364 e. The van der Waals surface area contributed by atoms with E-state index in [0.29, 0.717) is 17.2 Å². The summed E-state index contributed by atoms with van der Waals surface area (Å²) in [4.78, 5) is 22.3. The van der Waals surface area contributed by atoms with Crippen LogP contribution in [-0.4, -0.2) is 33.0 Å². The van der Waals surface area contributed by atoms with Gasteiger partial charge in [-0.25, -0.2) is 9.97 Å². The van der Waals surface area contributed by atoms with Crippen LogP contribution in [0.25, 0.3) is 0 Å². The van der Waals surface area contributed by atoms with Gasteiger partial charge in [-0.3, -0.25) is 4.79 Å². The minimum Gasteiger partial charge on any atom is -0.364 e. The Kier molecular flexibility index (Phi) is 3.59. The zero-order valence-corrected chi connectivity index (χ0v) is 11.4. The lowest BCUT2D eigenvalue weighted by Crippen LogP contribution is -2.30. The predicted molar refractivity (Wildman–Crippen MR) is 68.5 cm³/mol. The molecule has 0 bridgehead atoms. The molecule has 6 nitrogen and oxygen atoms in total. The average molecular weight is 260 g/mol. The van der Waals surface area contributed by atoms with Gasteiger partial charge in [0.15, 0.2) is 0 Å². The zero-order valence-electron chi connectivity index (χ0n) is 11.4. The quantitative estimate of drug-likeness (QED) is 0.843. The fourth-order valence-corrected chi connectivity index (χ4v) is 1.82. The highest BCUT2D eigenvalue weighted by Gasteiger charge is 2.22. The van der Waals surface area contributed by atoms with Gasteiger partial charge in [0.1, 0.15) is 23.5 Å². The normalized spacial score (nSPS) is 12.2. The van der Waals surface area contributed by atoms with Crippen LogP contribution in [0.5, 0.6) is 0 Å². The van der Waals surface area contributed by atoms with Crippen molar-refractivity contribution >= 4 is 5.91 Å². The molecule has 0 N–H and O–H groups in total. The van der Waals surface area contributed by atoms with Crippen LogP contribution in [0.3, 0.4) is 0 Å². The van der Waals surface area contributed by atoms with E-state index in [-0.39, 0.29) is 11.9 Å². The van der Waals surface area contributed by atoms with Crippen molar-refractivity contribution in [3.63, 3.8) is 0 Å². The minimum absolute atomic E-state index is 0.163. The number of amides is 1. The number of rotatable bonds is 3. The molecule has 2 rings (SSSR count). The molecule has 19 heavy (non-hydrogen) atoms. The molecule has 0 saturated carbocycles. The second-order valence-electron chi connectivity index (χ2n) is 4.46. The summed E-state index contributed by atoms with van der Waals surface area (Å²) in [5.74, 6) is 0.426. The van der Waals surface area contributed by atoms with Crippen LogP contribution in [0.1, 0.15) is 40.7 Å². The summed E-state index contributed by atoms with van der Waals surface area (Å²) in [7, 11) is 1.72. The van der Waals surface area contributed by atoms with Crippen molar-refractivity contribution in [2.24, 2.45) is 0 Å². The van der Waals surface area contributed by atoms with Crippen molar-refractivity contribution in [2.45, 2.75) is 26.8 Å². The van der Waals surface area contributed by atoms with Gasteiger partial charge in [0.25, 0.3) is 5.91 Å². The van der Waals surface area contributed by atoms with Crippen LogP contribution in [0.4, 0.5) is 0 Å². The van der Waals surface area contributed by atoms with Crippen molar-refractivity contribution in [3.8, 4) is 0 Å². The van der Waals surface area contributed by atoms with Crippen LogP contribution in [0, 0.1) is 13.8 Å². The summed E-state index contributed by atoms with van der Waals surface area (Å²) in [6.07, 6.45) is 1.49. The summed E-state index contributed by atoms with van der Waals surface area (Å²) >= 11 is 0. The highest BCUT2D eigenvalue weighted by molar-refractivity contribution is 5.92. The number of aryl methyl sites for hydroxylation is 2. The topological polar surface area (TPSA) is 72.1 Å². The standard InChI is InChI=1S/C13H16N4O2/c1-8-7-12(15-10(3)14-8)13(18)17(4)9(2)11-5-6-19-16-11/h5-7,9H,1-4H3/t9-/m0/s1. The van der Waals surface area contributed by atoms with Crippen LogP contribution < -0.4 is 0 Å². The number of nitrogens with zero attached hydrogens (tertiary/aromatic N) is 4. The molecule has 0 aliphatic rings. The van der Waals surface area contributed by atoms with Crippen molar-refractivity contribution in [1.82, 2.24) is 20.0 Å². The van der Waals surface area contributed by atoms with Crippen molar-refractivity contribution in [1.29, 1.82) is 0 Å². The van der Waals surface area contributed by atoms with Gasteiger partial charge in [0, 0.05) is 18.8 Å². The molecule has 0 saturated heterocycles. The lowest BCUT2D eigenvalue weighted by atomic mass is 10.2. The van der Waals surface area contributed by atoms with E-state index in [1.165, 1.54) is 6.26 Å². The van der Waals surface area contributed by atoms with E-state index in [0.717, 1.165) is 5.69 Å². The highest BCUT2D eigenvalue weighted by atomic mass is 16.5. The lowest BCUT2D eigenvalue weighted by molar-refractivity contribution is 0.0731. The van der Waals surface area contributed by atoms with Crippen LogP contribution in [0.2, 0.25) is 0 Å². The van der Waals surface area contributed by atoms with Crippen molar-refractivity contribution in [3.05, 3.63) is 41.3 Å². The highest BCUT2D eigenvalue weighted by Crippen LogP contribution is 2.18. The van der Waals surface area contributed by atoms with Gasteiger partial charge >= 0.3 is 0 Å². The Bertz CT molecular complexity index is 560. The third-order valence-electron chi connectivity index (χ3n) is 2.97. The molecule has 2 aromatic heterocycles. The number of carbonyl (C=O) groups excluding carboxylic acids is 1. The van der Waals surface area contributed by atoms with Gasteiger partial charge in [-0.2, -0.15) is 0 Å². The molecule has 0 aromatic carbocycles. The Morgan fingerprint density at radius 2 is 2.11 bits per heavy atom. The third-order valence-corrected chi connectivity index (χ3v) is 2.97. The van der Waals surface area contributed by atoms with E-state index in [9.17, 15) is 4.79 Å². The first kappa shape index (κ1) is 13.2. The SMILES string of the molecule is Cc1cc(C(=O)N(C)[C@@H](C)c2ccon2)nc(C)n1. The molecule has 1 amide bonds. The van der Waals surface area contributed by atoms with E-state index in [2.05, 4.69) is 15.1 Å². The Hall–Kier alpha value is -2.24. The second kappa shape index (κ2) is 5.17. The number of hydrogen-bond acceptors (Lipinski definition) is 5. The third kappa shape index (κ3) is 2.78. The maximum absolute atomic E-state index is 12.4. The van der Waals surface area contributed by atoms with Crippen LogP contribution in [-0.2, 0) is 0 Å². The minimum atomic E-state index is -0.179. The number of carbonyl (C=O) groups is 1. The van der Waals surface area contributed by atoms with Crippen LogP contribution in [0.15, 0.2) is 22.9 Å². The monoisotopic (exact) mass is 260 g/mol. The van der Waals surface area contributed by atoms with Gasteiger partial charge in [0.05, 0.1) is 6.04 Å². The summed E-state index contributed by atoms with van der Waals surface area (Å²) in [6, 6.07) is 3.24. The Morgan fingerprint density at radius 3 is 2.68 bits per heavy atom. The van der Waals surface area contributed by atoms with Gasteiger partial charge in [-0.15, -0.1) is 0 Å². The first-order valence-corrected chi connectivity index (χ1v) is 5.98. The van der Waals surface area contributed by atoms with E-state index < -0.39 is 0 Å². The molecule has 0 fully saturated rings. The molecule has 1 atom stereocenters. The summed E-state index contributed by atoms with van der Waals surface area (Å²) in [5, 5.41) is 3.85. The van der Waals surface area contributed by atoms with E-state index in [4.69, 9.17) is 4.52 Å². The Labute approximate surface area is 111 Å². The lowest BCUT2D eigenvalue weighted by Gasteiger charge is -2.22. The first-order chi connectivity index (χ1) is 8.99. The molecule has 0 aliphatic carbocycles. The van der Waals surface area contributed by atoms with E-state index >= 15 is 0 Å².